The summed E-state index contributed by atoms with van der Waals surface area (Å²) in [6.45, 7) is 0.617. The fourth-order valence-corrected chi connectivity index (χ4v) is 3.09. The van der Waals surface area contributed by atoms with Gasteiger partial charge < -0.3 is 13.9 Å². The van der Waals surface area contributed by atoms with Crippen molar-refractivity contribution in [3.8, 4) is 11.5 Å². The fourth-order valence-electron chi connectivity index (χ4n) is 2.26. The van der Waals surface area contributed by atoms with Crippen molar-refractivity contribution in [1.82, 2.24) is 0 Å². The van der Waals surface area contributed by atoms with Crippen LogP contribution in [0.15, 0.2) is 68.9 Å². The van der Waals surface area contributed by atoms with Crippen molar-refractivity contribution >= 4 is 22.7 Å². The second kappa shape index (κ2) is 7.93. The fraction of sp³-hybridized carbons (Fsp3) is 0.211. The van der Waals surface area contributed by atoms with Crippen molar-refractivity contribution in [3.63, 3.8) is 0 Å². The summed E-state index contributed by atoms with van der Waals surface area (Å²) in [5.41, 5.74) is 0.506. The summed E-state index contributed by atoms with van der Waals surface area (Å²) in [7, 11) is 1.66. The van der Waals surface area contributed by atoms with E-state index in [1.54, 1.807) is 37.1 Å². The summed E-state index contributed by atoms with van der Waals surface area (Å²) in [6.07, 6.45) is 2.33. The minimum Gasteiger partial charge on any atom is -0.497 e. The zero-order valence-corrected chi connectivity index (χ0v) is 14.2. The van der Waals surface area contributed by atoms with Crippen molar-refractivity contribution in [2.75, 3.05) is 19.5 Å². The number of hydrogen-bond donors (Lipinski definition) is 0. The van der Waals surface area contributed by atoms with E-state index in [2.05, 4.69) is 12.1 Å². The molecule has 0 fully saturated rings. The first-order chi connectivity index (χ1) is 11.8. The van der Waals surface area contributed by atoms with E-state index in [1.807, 2.05) is 12.1 Å². The number of hydrogen-bond acceptors (Lipinski definition) is 5. The van der Waals surface area contributed by atoms with Crippen LogP contribution < -0.4 is 14.9 Å². The quantitative estimate of drug-likeness (QED) is 0.471. The van der Waals surface area contributed by atoms with Gasteiger partial charge in [-0.15, -0.1) is 11.8 Å². The third-order valence-electron chi connectivity index (χ3n) is 3.52. The first-order valence-electron chi connectivity index (χ1n) is 7.67. The number of ether oxygens (including phenoxy) is 2. The second-order valence-corrected chi connectivity index (χ2v) is 6.34. The van der Waals surface area contributed by atoms with Gasteiger partial charge in [0.05, 0.1) is 25.4 Å². The topological polar surface area (TPSA) is 48.7 Å². The summed E-state index contributed by atoms with van der Waals surface area (Å²) >= 11 is 1.78. The molecule has 0 aliphatic carbocycles. The van der Waals surface area contributed by atoms with E-state index < -0.39 is 0 Å². The molecule has 0 amide bonds. The molecule has 0 unspecified atom stereocenters. The maximum Gasteiger partial charge on any atom is 0.192 e. The summed E-state index contributed by atoms with van der Waals surface area (Å²) in [4.78, 5) is 12.9. The van der Waals surface area contributed by atoms with Crippen LogP contribution in [0, 0.1) is 0 Å². The molecule has 2 aromatic carbocycles. The highest BCUT2D eigenvalue weighted by Crippen LogP contribution is 2.22. The van der Waals surface area contributed by atoms with Gasteiger partial charge in [0.1, 0.15) is 17.1 Å². The van der Waals surface area contributed by atoms with Crippen LogP contribution in [-0.2, 0) is 0 Å². The van der Waals surface area contributed by atoms with Gasteiger partial charge in [-0.3, -0.25) is 4.79 Å². The Morgan fingerprint density at radius 1 is 1.04 bits per heavy atom. The Hall–Kier alpha value is -2.40. The molecule has 0 aliphatic rings. The van der Waals surface area contributed by atoms with Gasteiger partial charge in [-0.1, -0.05) is 0 Å². The van der Waals surface area contributed by atoms with Gasteiger partial charge in [0, 0.05) is 22.8 Å². The molecule has 4 nitrogen and oxygen atoms in total. The van der Waals surface area contributed by atoms with Crippen molar-refractivity contribution < 1.29 is 13.9 Å². The normalized spacial score (nSPS) is 10.7. The second-order valence-electron chi connectivity index (χ2n) is 5.17. The molecule has 24 heavy (non-hydrogen) atoms. The summed E-state index contributed by atoms with van der Waals surface area (Å²) in [5.74, 6) is 2.55. The Bertz CT molecular complexity index is 855. The van der Waals surface area contributed by atoms with Gasteiger partial charge in [-0.2, -0.15) is 0 Å². The van der Waals surface area contributed by atoms with Crippen LogP contribution in [0.4, 0.5) is 0 Å². The predicted molar refractivity (Wildman–Crippen MR) is 96.3 cm³/mol. The van der Waals surface area contributed by atoms with Gasteiger partial charge in [0.15, 0.2) is 5.43 Å². The van der Waals surface area contributed by atoms with Crippen molar-refractivity contribution in [3.05, 3.63) is 65.0 Å². The SMILES string of the molecule is COc1ccc(SCCCOc2ccc3c(=O)ccoc3c2)cc1. The van der Waals surface area contributed by atoms with Gasteiger partial charge >= 0.3 is 0 Å². The standard InChI is InChI=1S/C19H18O4S/c1-21-14-3-6-16(7-4-14)24-12-2-10-22-15-5-8-17-18(20)9-11-23-19(17)13-15/h3-9,11,13H,2,10,12H2,1H3. The molecule has 3 aromatic rings. The van der Waals surface area contributed by atoms with Crippen LogP contribution in [0.3, 0.4) is 0 Å². The predicted octanol–water partition coefficient (Wildman–Crippen LogP) is 4.36. The first kappa shape index (κ1) is 16.5. The molecule has 3 rings (SSSR count). The van der Waals surface area contributed by atoms with Crippen molar-refractivity contribution in [2.24, 2.45) is 0 Å². The molecule has 0 spiro atoms. The van der Waals surface area contributed by atoms with E-state index in [1.165, 1.54) is 17.2 Å². The lowest BCUT2D eigenvalue weighted by atomic mass is 10.2. The molecular formula is C19H18O4S. The molecule has 0 aliphatic heterocycles. The molecule has 1 heterocycles. The number of rotatable bonds is 7. The molecule has 0 bridgehead atoms. The largest absolute Gasteiger partial charge is 0.497 e. The molecule has 5 heteroatoms. The maximum atomic E-state index is 11.7. The van der Waals surface area contributed by atoms with E-state index >= 15 is 0 Å². The lowest BCUT2D eigenvalue weighted by Crippen LogP contribution is -2.01. The number of methoxy groups -OCH3 is 1. The number of fused-ring (bicyclic) bond motifs is 1. The Morgan fingerprint density at radius 3 is 2.62 bits per heavy atom. The van der Waals surface area contributed by atoms with E-state index in [-0.39, 0.29) is 5.43 Å². The van der Waals surface area contributed by atoms with Crippen molar-refractivity contribution in [2.45, 2.75) is 11.3 Å². The third kappa shape index (κ3) is 4.11. The van der Waals surface area contributed by atoms with Crippen LogP contribution >= 0.6 is 11.8 Å². The average Bonchev–Trinajstić information content (AvgIpc) is 2.62. The minimum atomic E-state index is -0.0429. The van der Waals surface area contributed by atoms with Crippen LogP contribution in [0.25, 0.3) is 11.0 Å². The Morgan fingerprint density at radius 2 is 1.83 bits per heavy atom. The van der Waals surface area contributed by atoms with E-state index in [9.17, 15) is 4.79 Å². The zero-order valence-electron chi connectivity index (χ0n) is 13.4. The molecule has 124 valence electrons. The molecule has 0 saturated heterocycles. The highest BCUT2D eigenvalue weighted by molar-refractivity contribution is 7.99. The average molecular weight is 342 g/mol. The summed E-state index contributed by atoms with van der Waals surface area (Å²) in [6, 6.07) is 14.7. The number of benzene rings is 2. The van der Waals surface area contributed by atoms with Crippen LogP contribution in [0.1, 0.15) is 6.42 Å². The molecular weight excluding hydrogens is 324 g/mol. The molecule has 1 aromatic heterocycles. The first-order valence-corrected chi connectivity index (χ1v) is 8.66. The highest BCUT2D eigenvalue weighted by Gasteiger charge is 2.02. The Labute approximate surface area is 144 Å². The monoisotopic (exact) mass is 342 g/mol. The zero-order chi connectivity index (χ0) is 16.8. The van der Waals surface area contributed by atoms with Gasteiger partial charge in [0.25, 0.3) is 0 Å². The molecule has 0 atom stereocenters. The van der Waals surface area contributed by atoms with E-state index in [0.717, 1.165) is 17.9 Å². The van der Waals surface area contributed by atoms with Crippen LogP contribution in [0.5, 0.6) is 11.5 Å². The lowest BCUT2D eigenvalue weighted by Gasteiger charge is -2.07. The van der Waals surface area contributed by atoms with Crippen molar-refractivity contribution in [1.29, 1.82) is 0 Å². The molecule has 0 saturated carbocycles. The maximum absolute atomic E-state index is 11.7. The lowest BCUT2D eigenvalue weighted by molar-refractivity contribution is 0.318. The summed E-state index contributed by atoms with van der Waals surface area (Å²) < 4.78 is 16.2. The smallest absolute Gasteiger partial charge is 0.192 e. The number of thioether (sulfide) groups is 1. The minimum absolute atomic E-state index is 0.0429. The third-order valence-corrected chi connectivity index (χ3v) is 4.62. The van der Waals surface area contributed by atoms with E-state index in [0.29, 0.717) is 23.3 Å². The van der Waals surface area contributed by atoms with E-state index in [4.69, 9.17) is 13.9 Å². The van der Waals surface area contributed by atoms with Gasteiger partial charge in [0.2, 0.25) is 0 Å². The Balaban J connectivity index is 1.47. The summed E-state index contributed by atoms with van der Waals surface area (Å²) in [5, 5.41) is 0.569. The van der Waals surface area contributed by atoms with Gasteiger partial charge in [-0.25, -0.2) is 0 Å². The highest BCUT2D eigenvalue weighted by atomic mass is 32.2. The van der Waals surface area contributed by atoms with Crippen LogP contribution in [-0.4, -0.2) is 19.5 Å². The molecule has 0 radical (unpaired) electrons. The Kier molecular flexibility index (Phi) is 5.43. The van der Waals surface area contributed by atoms with Gasteiger partial charge in [-0.05, 0) is 42.8 Å². The van der Waals surface area contributed by atoms with Crippen LogP contribution in [0.2, 0.25) is 0 Å². The molecule has 0 N–H and O–H groups in total.